The first-order valence-electron chi connectivity index (χ1n) is 8.11. The van der Waals surface area contributed by atoms with Gasteiger partial charge in [-0.25, -0.2) is 4.98 Å². The largest absolute Gasteiger partial charge is 0.353 e. The van der Waals surface area contributed by atoms with Crippen molar-refractivity contribution in [1.82, 2.24) is 20.1 Å². The van der Waals surface area contributed by atoms with E-state index < -0.39 is 0 Å². The van der Waals surface area contributed by atoms with Crippen molar-refractivity contribution in [2.45, 2.75) is 39.3 Å². The highest BCUT2D eigenvalue weighted by molar-refractivity contribution is 7.09. The number of hydrogen-bond acceptors (Lipinski definition) is 5. The monoisotopic (exact) mass is 338 g/mol. The van der Waals surface area contributed by atoms with Gasteiger partial charge in [0.25, 0.3) is 0 Å². The van der Waals surface area contributed by atoms with Crippen LogP contribution >= 0.6 is 11.3 Å². The first kappa shape index (κ1) is 17.9. The molecule has 0 aromatic carbocycles. The number of hydrogen-bond donors (Lipinski definition) is 1. The number of thiazole rings is 1. The van der Waals surface area contributed by atoms with Crippen molar-refractivity contribution in [1.29, 1.82) is 0 Å². The number of amides is 2. The van der Waals surface area contributed by atoms with Crippen molar-refractivity contribution in [2.24, 2.45) is 5.92 Å². The van der Waals surface area contributed by atoms with Crippen LogP contribution in [-0.4, -0.2) is 59.3 Å². The van der Waals surface area contributed by atoms with Crippen LogP contribution < -0.4 is 5.32 Å². The highest BCUT2D eigenvalue weighted by Gasteiger charge is 2.32. The van der Waals surface area contributed by atoms with E-state index >= 15 is 0 Å². The average molecular weight is 338 g/mol. The van der Waals surface area contributed by atoms with Gasteiger partial charge in [-0.1, -0.05) is 13.8 Å². The fraction of sp³-hybridized carbons (Fsp3) is 0.688. The Morgan fingerprint density at radius 1 is 1.57 bits per heavy atom. The zero-order chi connectivity index (χ0) is 16.8. The van der Waals surface area contributed by atoms with Gasteiger partial charge in [-0.3, -0.25) is 14.5 Å². The summed E-state index contributed by atoms with van der Waals surface area (Å²) in [6.07, 6.45) is 3.00. The molecule has 1 fully saturated rings. The standard InChI is InChI=1S/C16H26N4O2S/c1-12(2)4-7-20-8-5-18-16(22)13(20)10-15(21)19(3)11-14-17-6-9-23-14/h6,9,12-13H,4-5,7-8,10-11H2,1-3H3,(H,18,22). The van der Waals surface area contributed by atoms with E-state index in [1.807, 2.05) is 5.38 Å². The second-order valence-electron chi connectivity index (χ2n) is 6.41. The molecule has 23 heavy (non-hydrogen) atoms. The summed E-state index contributed by atoms with van der Waals surface area (Å²) in [4.78, 5) is 32.7. The minimum atomic E-state index is -0.353. The van der Waals surface area contributed by atoms with E-state index in [1.54, 1.807) is 18.1 Å². The Morgan fingerprint density at radius 3 is 3.00 bits per heavy atom. The van der Waals surface area contributed by atoms with E-state index in [9.17, 15) is 9.59 Å². The minimum absolute atomic E-state index is 0.0169. The molecular weight excluding hydrogens is 312 g/mol. The molecule has 1 saturated heterocycles. The number of carbonyl (C=O) groups is 2. The van der Waals surface area contributed by atoms with Crippen LogP contribution in [0.2, 0.25) is 0 Å². The summed E-state index contributed by atoms with van der Waals surface area (Å²) in [5, 5.41) is 5.68. The van der Waals surface area contributed by atoms with Crippen LogP contribution in [0.15, 0.2) is 11.6 Å². The Kier molecular flexibility index (Phi) is 6.53. The minimum Gasteiger partial charge on any atom is -0.353 e. The molecule has 2 rings (SSSR count). The zero-order valence-electron chi connectivity index (χ0n) is 14.1. The fourth-order valence-electron chi connectivity index (χ4n) is 2.62. The molecule has 1 aromatic rings. The van der Waals surface area contributed by atoms with Gasteiger partial charge in [-0.15, -0.1) is 11.3 Å². The first-order valence-corrected chi connectivity index (χ1v) is 8.99. The van der Waals surface area contributed by atoms with E-state index in [0.29, 0.717) is 19.0 Å². The lowest BCUT2D eigenvalue weighted by Crippen LogP contribution is -2.56. The highest BCUT2D eigenvalue weighted by Crippen LogP contribution is 2.14. The summed E-state index contributed by atoms with van der Waals surface area (Å²) in [6, 6.07) is -0.353. The summed E-state index contributed by atoms with van der Waals surface area (Å²) in [6.45, 7) is 7.18. The van der Waals surface area contributed by atoms with Crippen molar-refractivity contribution < 1.29 is 9.59 Å². The fourth-order valence-corrected chi connectivity index (χ4v) is 3.29. The van der Waals surface area contributed by atoms with Gasteiger partial charge in [-0.2, -0.15) is 0 Å². The number of carbonyl (C=O) groups excluding carboxylic acids is 2. The Bertz CT molecular complexity index is 518. The number of aromatic nitrogens is 1. The Labute approximate surface area is 141 Å². The summed E-state index contributed by atoms with van der Waals surface area (Å²) < 4.78 is 0. The molecule has 1 aliphatic heterocycles. The lowest BCUT2D eigenvalue weighted by molar-refractivity contribution is -0.138. The SMILES string of the molecule is CC(C)CCN1CCNC(=O)C1CC(=O)N(C)Cc1nccs1. The van der Waals surface area contributed by atoms with Crippen LogP contribution in [-0.2, 0) is 16.1 Å². The lowest BCUT2D eigenvalue weighted by Gasteiger charge is -2.35. The smallest absolute Gasteiger partial charge is 0.237 e. The molecule has 128 valence electrons. The van der Waals surface area contributed by atoms with Gasteiger partial charge in [0, 0.05) is 31.7 Å². The third-order valence-corrected chi connectivity index (χ3v) is 4.85. The molecule has 1 aromatic heterocycles. The van der Waals surface area contributed by atoms with E-state index in [-0.39, 0.29) is 24.3 Å². The first-order chi connectivity index (χ1) is 11.0. The molecule has 7 heteroatoms. The second kappa shape index (κ2) is 8.40. The molecule has 0 aliphatic carbocycles. The molecule has 2 heterocycles. The predicted molar refractivity (Wildman–Crippen MR) is 91.0 cm³/mol. The summed E-state index contributed by atoms with van der Waals surface area (Å²) in [5.74, 6) is 0.539. The third kappa shape index (κ3) is 5.28. The Hall–Kier alpha value is -1.47. The molecule has 1 unspecified atom stereocenters. The number of nitrogens with zero attached hydrogens (tertiary/aromatic N) is 3. The lowest BCUT2D eigenvalue weighted by atomic mass is 10.1. The van der Waals surface area contributed by atoms with Crippen molar-refractivity contribution in [3.63, 3.8) is 0 Å². The quantitative estimate of drug-likeness (QED) is 0.815. The second-order valence-corrected chi connectivity index (χ2v) is 7.38. The number of nitrogens with one attached hydrogen (secondary N) is 1. The summed E-state index contributed by atoms with van der Waals surface area (Å²) >= 11 is 1.53. The molecule has 1 N–H and O–H groups in total. The van der Waals surface area contributed by atoms with Crippen LogP contribution in [0.5, 0.6) is 0 Å². The van der Waals surface area contributed by atoms with Gasteiger partial charge in [0.1, 0.15) is 5.01 Å². The predicted octanol–water partition coefficient (Wildman–Crippen LogP) is 1.34. The van der Waals surface area contributed by atoms with Crippen LogP contribution in [0.1, 0.15) is 31.7 Å². The van der Waals surface area contributed by atoms with Gasteiger partial charge in [-0.05, 0) is 18.9 Å². The Balaban J connectivity index is 1.93. The third-order valence-electron chi connectivity index (χ3n) is 4.08. The van der Waals surface area contributed by atoms with E-state index in [4.69, 9.17) is 0 Å². The normalized spacial score (nSPS) is 19.0. The van der Waals surface area contributed by atoms with Crippen molar-refractivity contribution in [3.05, 3.63) is 16.6 Å². The molecule has 0 spiro atoms. The maximum Gasteiger partial charge on any atom is 0.237 e. The molecular formula is C16H26N4O2S. The topological polar surface area (TPSA) is 65.5 Å². The summed E-state index contributed by atoms with van der Waals surface area (Å²) in [5.41, 5.74) is 0. The number of rotatable bonds is 7. The van der Waals surface area contributed by atoms with Gasteiger partial charge in [0.2, 0.25) is 11.8 Å². The molecule has 0 saturated carbocycles. The van der Waals surface area contributed by atoms with Crippen LogP contribution in [0.4, 0.5) is 0 Å². The molecule has 1 atom stereocenters. The molecule has 0 bridgehead atoms. The van der Waals surface area contributed by atoms with Gasteiger partial charge >= 0.3 is 0 Å². The molecule has 2 amide bonds. The van der Waals surface area contributed by atoms with Crippen LogP contribution in [0, 0.1) is 5.92 Å². The van der Waals surface area contributed by atoms with E-state index in [2.05, 4.69) is 29.0 Å². The number of piperazine rings is 1. The highest BCUT2D eigenvalue weighted by atomic mass is 32.1. The van der Waals surface area contributed by atoms with Gasteiger partial charge < -0.3 is 10.2 Å². The molecule has 6 nitrogen and oxygen atoms in total. The average Bonchev–Trinajstić information content (AvgIpc) is 3.00. The van der Waals surface area contributed by atoms with Crippen molar-refractivity contribution in [3.8, 4) is 0 Å². The molecule has 1 aliphatic rings. The van der Waals surface area contributed by atoms with Gasteiger partial charge in [0.15, 0.2) is 0 Å². The summed E-state index contributed by atoms with van der Waals surface area (Å²) in [7, 11) is 1.77. The molecule has 0 radical (unpaired) electrons. The maximum atomic E-state index is 12.5. The zero-order valence-corrected chi connectivity index (χ0v) is 14.9. The van der Waals surface area contributed by atoms with Crippen LogP contribution in [0.3, 0.4) is 0 Å². The van der Waals surface area contributed by atoms with Gasteiger partial charge in [0.05, 0.1) is 19.0 Å². The van der Waals surface area contributed by atoms with E-state index in [0.717, 1.165) is 24.5 Å². The van der Waals surface area contributed by atoms with Crippen molar-refractivity contribution >= 4 is 23.2 Å². The Morgan fingerprint density at radius 2 is 2.35 bits per heavy atom. The van der Waals surface area contributed by atoms with E-state index in [1.165, 1.54) is 11.3 Å². The van der Waals surface area contributed by atoms with Crippen molar-refractivity contribution in [2.75, 3.05) is 26.7 Å². The van der Waals surface area contributed by atoms with Crippen LogP contribution in [0.25, 0.3) is 0 Å². The maximum absolute atomic E-state index is 12.5.